The summed E-state index contributed by atoms with van der Waals surface area (Å²) in [7, 11) is 0. The van der Waals surface area contributed by atoms with Crippen LogP contribution in [0.25, 0.3) is 0 Å². The van der Waals surface area contributed by atoms with Gasteiger partial charge in [0.1, 0.15) is 0 Å². The number of amides is 1. The first-order valence-electron chi connectivity index (χ1n) is 6.03. The minimum Gasteiger partial charge on any atom is -0.478 e. The van der Waals surface area contributed by atoms with Crippen LogP contribution in [0.15, 0.2) is 34.3 Å². The number of Topliss-reactive ketones (excluding diaryl/α,β-unsaturated/α-hetero) is 1. The first-order chi connectivity index (χ1) is 9.45. The van der Waals surface area contributed by atoms with E-state index in [2.05, 4.69) is 15.9 Å². The van der Waals surface area contributed by atoms with Crippen molar-refractivity contribution in [3.05, 3.63) is 39.9 Å². The van der Waals surface area contributed by atoms with Crippen LogP contribution in [0.2, 0.25) is 0 Å². The van der Waals surface area contributed by atoms with Crippen LogP contribution < -0.4 is 4.90 Å². The number of hydrogen-bond donors (Lipinski definition) is 1. The number of fused-ring (bicyclic) bond motifs is 1. The number of carbonyl (C=O) groups is 3. The summed E-state index contributed by atoms with van der Waals surface area (Å²) >= 11 is 3.25. The molecule has 0 bridgehead atoms. The number of carboxylic acids is 1. The van der Waals surface area contributed by atoms with Gasteiger partial charge in [0.15, 0.2) is 0 Å². The Kier molecular flexibility index (Phi) is 4.04. The first-order valence-corrected chi connectivity index (χ1v) is 6.83. The van der Waals surface area contributed by atoms with Crippen molar-refractivity contribution in [2.24, 2.45) is 0 Å². The lowest BCUT2D eigenvalue weighted by Gasteiger charge is -2.14. The maximum absolute atomic E-state index is 11.9. The molecule has 104 valence electrons. The van der Waals surface area contributed by atoms with Gasteiger partial charge < -0.3 is 10.0 Å². The van der Waals surface area contributed by atoms with Gasteiger partial charge in [0.05, 0.1) is 11.3 Å². The minimum absolute atomic E-state index is 0.0781. The van der Waals surface area contributed by atoms with Gasteiger partial charge in [-0.25, -0.2) is 4.79 Å². The van der Waals surface area contributed by atoms with Crippen molar-refractivity contribution in [2.75, 3.05) is 11.4 Å². The van der Waals surface area contributed by atoms with E-state index < -0.39 is 17.7 Å². The smallest absolute Gasteiger partial charge is 0.331 e. The summed E-state index contributed by atoms with van der Waals surface area (Å²) in [6.07, 6.45) is 1.82. The average molecular weight is 338 g/mol. The highest BCUT2D eigenvalue weighted by Gasteiger charge is 2.35. The molecular formula is C14H12BrNO4. The molecule has 20 heavy (non-hydrogen) atoms. The van der Waals surface area contributed by atoms with Crippen LogP contribution >= 0.6 is 15.9 Å². The van der Waals surface area contributed by atoms with Gasteiger partial charge in [-0.15, -0.1) is 0 Å². The maximum Gasteiger partial charge on any atom is 0.331 e. The highest BCUT2D eigenvalue weighted by Crippen LogP contribution is 2.31. The van der Waals surface area contributed by atoms with Gasteiger partial charge in [-0.05, 0) is 24.6 Å². The fraction of sp³-hybridized carbons (Fsp3) is 0.214. The molecule has 0 saturated carbocycles. The molecule has 6 heteroatoms. The Labute approximate surface area is 124 Å². The van der Waals surface area contributed by atoms with E-state index in [1.165, 1.54) is 11.0 Å². The van der Waals surface area contributed by atoms with Crippen LogP contribution in [-0.2, 0) is 9.59 Å². The van der Waals surface area contributed by atoms with E-state index in [0.717, 1.165) is 4.47 Å². The molecule has 0 saturated heterocycles. The van der Waals surface area contributed by atoms with Crippen molar-refractivity contribution >= 4 is 39.3 Å². The molecule has 1 aromatic rings. The lowest BCUT2D eigenvalue weighted by molar-refractivity contribution is -0.132. The number of rotatable bonds is 4. The normalized spacial score (nSPS) is 14.7. The summed E-state index contributed by atoms with van der Waals surface area (Å²) in [4.78, 5) is 36.0. The van der Waals surface area contributed by atoms with Crippen LogP contribution in [0.3, 0.4) is 0 Å². The molecule has 0 aliphatic carbocycles. The minimum atomic E-state index is -1.01. The molecule has 2 rings (SSSR count). The van der Waals surface area contributed by atoms with Gasteiger partial charge in [-0.1, -0.05) is 28.9 Å². The highest BCUT2D eigenvalue weighted by atomic mass is 79.9. The molecule has 1 amide bonds. The fourth-order valence-corrected chi connectivity index (χ4v) is 2.40. The lowest BCUT2D eigenvalue weighted by Crippen LogP contribution is -2.30. The molecule has 1 heterocycles. The van der Waals surface area contributed by atoms with E-state index >= 15 is 0 Å². The maximum atomic E-state index is 11.9. The number of benzene rings is 1. The van der Waals surface area contributed by atoms with Crippen molar-refractivity contribution in [3.8, 4) is 0 Å². The molecule has 0 aromatic heterocycles. The van der Waals surface area contributed by atoms with Gasteiger partial charge in [-0.3, -0.25) is 9.59 Å². The highest BCUT2D eigenvalue weighted by molar-refractivity contribution is 9.10. The average Bonchev–Trinajstić information content (AvgIpc) is 2.64. The van der Waals surface area contributed by atoms with Gasteiger partial charge in [0.25, 0.3) is 11.7 Å². The predicted molar refractivity (Wildman–Crippen MR) is 76.8 cm³/mol. The fourth-order valence-electron chi connectivity index (χ4n) is 2.04. The second kappa shape index (κ2) is 5.58. The molecule has 1 aromatic carbocycles. The molecule has 1 N–H and O–H groups in total. The summed E-state index contributed by atoms with van der Waals surface area (Å²) < 4.78 is 0.717. The lowest BCUT2D eigenvalue weighted by atomic mass is 10.1. The van der Waals surface area contributed by atoms with Crippen molar-refractivity contribution in [3.63, 3.8) is 0 Å². The monoisotopic (exact) mass is 337 g/mol. The number of hydrogen-bond acceptors (Lipinski definition) is 3. The molecule has 0 unspecified atom stereocenters. The summed E-state index contributed by atoms with van der Waals surface area (Å²) in [6.45, 7) is 1.80. The quantitative estimate of drug-likeness (QED) is 0.676. The van der Waals surface area contributed by atoms with Gasteiger partial charge in [-0.2, -0.15) is 0 Å². The van der Waals surface area contributed by atoms with Crippen molar-refractivity contribution in [1.82, 2.24) is 0 Å². The number of anilines is 1. The van der Waals surface area contributed by atoms with Crippen LogP contribution in [0.4, 0.5) is 5.69 Å². The Balaban J connectivity index is 2.33. The largest absolute Gasteiger partial charge is 0.478 e. The SMILES string of the molecule is CCC(=CCN1C(=O)C(=O)c2cc(Br)ccc21)C(=O)O. The molecule has 1 aliphatic heterocycles. The van der Waals surface area contributed by atoms with Gasteiger partial charge in [0, 0.05) is 16.6 Å². The summed E-state index contributed by atoms with van der Waals surface area (Å²) in [6, 6.07) is 5.00. The van der Waals surface area contributed by atoms with Crippen LogP contribution in [0, 0.1) is 0 Å². The summed E-state index contributed by atoms with van der Waals surface area (Å²) in [5, 5.41) is 8.95. The Hall–Kier alpha value is -1.95. The van der Waals surface area contributed by atoms with Crippen molar-refractivity contribution < 1.29 is 19.5 Å². The third kappa shape index (κ3) is 2.51. The Morgan fingerprint density at radius 2 is 2.10 bits per heavy atom. The molecule has 0 spiro atoms. The van der Waals surface area contributed by atoms with E-state index in [-0.39, 0.29) is 12.1 Å². The second-order valence-corrected chi connectivity index (χ2v) is 5.21. The van der Waals surface area contributed by atoms with Crippen LogP contribution in [0.1, 0.15) is 23.7 Å². The molecule has 0 radical (unpaired) electrons. The number of nitrogens with zero attached hydrogens (tertiary/aromatic N) is 1. The zero-order valence-corrected chi connectivity index (χ0v) is 12.3. The second-order valence-electron chi connectivity index (χ2n) is 4.29. The Morgan fingerprint density at radius 3 is 2.70 bits per heavy atom. The summed E-state index contributed by atoms with van der Waals surface area (Å²) in [5.74, 6) is -2.21. The van der Waals surface area contributed by atoms with E-state index in [4.69, 9.17) is 5.11 Å². The predicted octanol–water partition coefficient (Wildman–Crippen LogP) is 2.40. The molecular weight excluding hydrogens is 326 g/mol. The van der Waals surface area contributed by atoms with E-state index in [1.54, 1.807) is 25.1 Å². The van der Waals surface area contributed by atoms with Gasteiger partial charge >= 0.3 is 5.97 Å². The van der Waals surface area contributed by atoms with Crippen LogP contribution in [-0.4, -0.2) is 29.3 Å². The van der Waals surface area contributed by atoms with Gasteiger partial charge in [0.2, 0.25) is 0 Å². The van der Waals surface area contributed by atoms with E-state index in [1.807, 2.05) is 0 Å². The third-order valence-electron chi connectivity index (χ3n) is 3.11. The zero-order valence-electron chi connectivity index (χ0n) is 10.7. The first kappa shape index (κ1) is 14.5. The number of ketones is 1. The standard InChI is InChI=1S/C14H12BrNO4/c1-2-8(14(19)20)5-6-16-11-4-3-9(15)7-10(11)12(17)13(16)18/h3-5,7H,2,6H2,1H3,(H,19,20). The number of carboxylic acid groups (broad SMARTS) is 1. The number of carbonyl (C=O) groups excluding carboxylic acids is 2. The molecule has 1 aliphatic rings. The Morgan fingerprint density at radius 1 is 1.40 bits per heavy atom. The third-order valence-corrected chi connectivity index (χ3v) is 3.60. The molecule has 5 nitrogen and oxygen atoms in total. The van der Waals surface area contributed by atoms with E-state index in [9.17, 15) is 14.4 Å². The van der Waals surface area contributed by atoms with Crippen LogP contribution in [0.5, 0.6) is 0 Å². The van der Waals surface area contributed by atoms with Crippen molar-refractivity contribution in [1.29, 1.82) is 0 Å². The Bertz CT molecular complexity index is 636. The van der Waals surface area contributed by atoms with Crippen molar-refractivity contribution in [2.45, 2.75) is 13.3 Å². The zero-order chi connectivity index (χ0) is 14.9. The number of aliphatic carboxylic acids is 1. The number of halogens is 1. The topological polar surface area (TPSA) is 74.7 Å². The molecule has 0 atom stereocenters. The summed E-state index contributed by atoms with van der Waals surface area (Å²) in [5.41, 5.74) is 1.07. The molecule has 0 fully saturated rings. The van der Waals surface area contributed by atoms with E-state index in [0.29, 0.717) is 17.7 Å².